The second-order valence-corrected chi connectivity index (χ2v) is 5.07. The fourth-order valence-electron chi connectivity index (χ4n) is 1.89. The van der Waals surface area contributed by atoms with E-state index in [4.69, 9.17) is 17.3 Å². The van der Waals surface area contributed by atoms with Crippen molar-refractivity contribution in [3.05, 3.63) is 58.9 Å². The van der Waals surface area contributed by atoms with Crippen molar-refractivity contribution in [2.45, 2.75) is 13.5 Å². The lowest BCUT2D eigenvalue weighted by Gasteiger charge is -2.07. The Balaban J connectivity index is 2.08. The van der Waals surface area contributed by atoms with Gasteiger partial charge < -0.3 is 11.1 Å². The molecule has 6 heteroatoms. The summed E-state index contributed by atoms with van der Waals surface area (Å²) in [6.07, 6.45) is 3.23. The van der Waals surface area contributed by atoms with Gasteiger partial charge >= 0.3 is 0 Å². The molecule has 2 rings (SSSR count). The normalized spacial score (nSPS) is 10.2. The third-order valence-corrected chi connectivity index (χ3v) is 3.17. The predicted molar refractivity (Wildman–Crippen MR) is 80.0 cm³/mol. The van der Waals surface area contributed by atoms with E-state index in [-0.39, 0.29) is 12.5 Å². The van der Waals surface area contributed by atoms with E-state index in [1.165, 1.54) is 6.20 Å². The highest BCUT2D eigenvalue weighted by Crippen LogP contribution is 2.19. The maximum absolute atomic E-state index is 12.0. The number of aryl methyl sites for hydroxylation is 1. The Morgan fingerprint density at radius 1 is 1.33 bits per heavy atom. The van der Waals surface area contributed by atoms with Crippen molar-refractivity contribution < 1.29 is 14.2 Å². The number of halogens is 1. The fraction of sp³-hybridized carbons (Fsp3) is 0.133. The van der Waals surface area contributed by atoms with Crippen LogP contribution in [0.15, 0.2) is 42.7 Å². The second kappa shape index (κ2) is 6.37. The van der Waals surface area contributed by atoms with Crippen LogP contribution in [0.25, 0.3) is 0 Å². The SMILES string of the molecule is Cc1cc(Cl)ccc1NC(=O)C[n+]1cccc(C(N)=O)c1. The Labute approximate surface area is 127 Å². The molecule has 3 N–H and O–H groups in total. The van der Waals surface area contributed by atoms with Crippen LogP contribution in [0.3, 0.4) is 0 Å². The van der Waals surface area contributed by atoms with Crippen molar-refractivity contribution in [3.63, 3.8) is 0 Å². The number of carbonyl (C=O) groups is 2. The van der Waals surface area contributed by atoms with Gasteiger partial charge in [-0.1, -0.05) is 11.6 Å². The number of rotatable bonds is 4. The molecule has 0 saturated heterocycles. The zero-order valence-corrected chi connectivity index (χ0v) is 12.2. The number of hydrogen-bond donors (Lipinski definition) is 2. The number of nitrogens with zero attached hydrogens (tertiary/aromatic N) is 1. The number of amides is 2. The molecule has 1 heterocycles. The molecular weight excluding hydrogens is 290 g/mol. The largest absolute Gasteiger partial charge is 0.365 e. The molecule has 0 spiro atoms. The van der Waals surface area contributed by atoms with E-state index < -0.39 is 5.91 Å². The van der Waals surface area contributed by atoms with E-state index in [2.05, 4.69) is 5.32 Å². The third kappa shape index (κ3) is 4.03. The molecule has 0 aliphatic carbocycles. The summed E-state index contributed by atoms with van der Waals surface area (Å²) >= 11 is 5.87. The van der Waals surface area contributed by atoms with Gasteiger partial charge in [-0.05, 0) is 36.8 Å². The van der Waals surface area contributed by atoms with E-state index in [1.54, 1.807) is 41.1 Å². The monoisotopic (exact) mass is 304 g/mol. The highest BCUT2D eigenvalue weighted by Gasteiger charge is 2.13. The van der Waals surface area contributed by atoms with Gasteiger partial charge in [-0.25, -0.2) is 0 Å². The minimum atomic E-state index is -0.529. The summed E-state index contributed by atoms with van der Waals surface area (Å²) in [4.78, 5) is 23.1. The molecule has 0 radical (unpaired) electrons. The minimum Gasteiger partial charge on any atom is -0.365 e. The highest BCUT2D eigenvalue weighted by atomic mass is 35.5. The van der Waals surface area contributed by atoms with Crippen LogP contribution in [0.1, 0.15) is 15.9 Å². The first-order valence-corrected chi connectivity index (χ1v) is 6.68. The van der Waals surface area contributed by atoms with E-state index in [9.17, 15) is 9.59 Å². The summed E-state index contributed by atoms with van der Waals surface area (Å²) in [5.74, 6) is -0.731. The highest BCUT2D eigenvalue weighted by molar-refractivity contribution is 6.30. The summed E-state index contributed by atoms with van der Waals surface area (Å²) in [7, 11) is 0. The number of benzene rings is 1. The van der Waals surface area contributed by atoms with Gasteiger partial charge in [0, 0.05) is 16.8 Å². The van der Waals surface area contributed by atoms with Crippen LogP contribution >= 0.6 is 11.6 Å². The molecule has 21 heavy (non-hydrogen) atoms. The van der Waals surface area contributed by atoms with Gasteiger partial charge in [0.1, 0.15) is 5.56 Å². The molecule has 0 unspecified atom stereocenters. The van der Waals surface area contributed by atoms with E-state index >= 15 is 0 Å². The standard InChI is InChI=1S/C15H14ClN3O2/c1-10-7-12(16)4-5-13(10)18-14(20)9-19-6-2-3-11(8-19)15(17)21/h2-8H,9H2,1H3,(H2-,17,18,20,21)/p+1. The molecule has 1 aromatic carbocycles. The first-order chi connectivity index (χ1) is 9.95. The van der Waals surface area contributed by atoms with E-state index in [0.29, 0.717) is 16.3 Å². The van der Waals surface area contributed by atoms with Crippen LogP contribution in [0.2, 0.25) is 5.02 Å². The Hall–Kier alpha value is -2.40. The van der Waals surface area contributed by atoms with Crippen LogP contribution in [0, 0.1) is 6.92 Å². The number of carbonyl (C=O) groups excluding carboxylic acids is 2. The van der Waals surface area contributed by atoms with Crippen molar-refractivity contribution in [1.82, 2.24) is 0 Å². The maximum Gasteiger partial charge on any atom is 0.290 e. The molecule has 0 aliphatic rings. The maximum atomic E-state index is 12.0. The summed E-state index contributed by atoms with van der Waals surface area (Å²) in [5, 5.41) is 3.42. The number of nitrogens with one attached hydrogen (secondary N) is 1. The smallest absolute Gasteiger partial charge is 0.290 e. The van der Waals surface area contributed by atoms with Crippen molar-refractivity contribution in [2.75, 3.05) is 5.32 Å². The Kier molecular flexibility index (Phi) is 4.55. The van der Waals surface area contributed by atoms with Gasteiger partial charge in [-0.3, -0.25) is 9.59 Å². The lowest BCUT2D eigenvalue weighted by Crippen LogP contribution is -2.40. The van der Waals surface area contributed by atoms with Crippen LogP contribution in [-0.2, 0) is 11.3 Å². The lowest BCUT2D eigenvalue weighted by atomic mass is 10.2. The number of pyridine rings is 1. The number of hydrogen-bond acceptors (Lipinski definition) is 2. The van der Waals surface area contributed by atoms with Crippen LogP contribution in [0.5, 0.6) is 0 Å². The number of nitrogens with two attached hydrogens (primary N) is 1. The van der Waals surface area contributed by atoms with Gasteiger partial charge in [0.2, 0.25) is 6.54 Å². The molecule has 108 valence electrons. The average molecular weight is 305 g/mol. The molecule has 1 aromatic heterocycles. The minimum absolute atomic E-state index is 0.0865. The van der Waals surface area contributed by atoms with Crippen molar-refractivity contribution in [1.29, 1.82) is 0 Å². The molecule has 0 atom stereocenters. The van der Waals surface area contributed by atoms with Crippen molar-refractivity contribution in [3.8, 4) is 0 Å². The summed E-state index contributed by atoms with van der Waals surface area (Å²) in [5.41, 5.74) is 7.15. The van der Waals surface area contributed by atoms with Gasteiger partial charge in [-0.15, -0.1) is 0 Å². The molecular formula is C15H15ClN3O2+. The van der Waals surface area contributed by atoms with Crippen molar-refractivity contribution >= 4 is 29.1 Å². The van der Waals surface area contributed by atoms with Crippen LogP contribution in [-0.4, -0.2) is 11.8 Å². The first-order valence-electron chi connectivity index (χ1n) is 6.30. The summed E-state index contributed by atoms with van der Waals surface area (Å²) in [6.45, 7) is 1.95. The number of primary amides is 1. The van der Waals surface area contributed by atoms with Gasteiger partial charge in [-0.2, -0.15) is 4.57 Å². The predicted octanol–water partition coefficient (Wildman–Crippen LogP) is 1.67. The summed E-state index contributed by atoms with van der Waals surface area (Å²) < 4.78 is 1.60. The van der Waals surface area contributed by atoms with E-state index in [1.807, 2.05) is 6.92 Å². The number of aromatic nitrogens is 1. The fourth-order valence-corrected chi connectivity index (χ4v) is 2.12. The van der Waals surface area contributed by atoms with E-state index in [0.717, 1.165) is 5.56 Å². The first kappa shape index (κ1) is 15.0. The Bertz CT molecular complexity index is 701. The molecule has 2 amide bonds. The second-order valence-electron chi connectivity index (χ2n) is 4.64. The lowest BCUT2D eigenvalue weighted by molar-refractivity contribution is -0.684. The topological polar surface area (TPSA) is 76.1 Å². The Morgan fingerprint density at radius 3 is 2.76 bits per heavy atom. The molecule has 0 saturated carbocycles. The molecule has 0 aliphatic heterocycles. The van der Waals surface area contributed by atoms with Gasteiger partial charge in [0.05, 0.1) is 0 Å². The van der Waals surface area contributed by atoms with Crippen LogP contribution < -0.4 is 15.6 Å². The molecule has 0 bridgehead atoms. The molecule has 2 aromatic rings. The Morgan fingerprint density at radius 2 is 2.10 bits per heavy atom. The zero-order valence-electron chi connectivity index (χ0n) is 11.5. The molecule has 5 nitrogen and oxygen atoms in total. The van der Waals surface area contributed by atoms with Gasteiger partial charge in [0.25, 0.3) is 11.8 Å². The zero-order chi connectivity index (χ0) is 15.4. The number of anilines is 1. The third-order valence-electron chi connectivity index (χ3n) is 2.93. The molecule has 0 fully saturated rings. The summed E-state index contributed by atoms with van der Waals surface area (Å²) in [6, 6.07) is 8.50. The van der Waals surface area contributed by atoms with Gasteiger partial charge in [0.15, 0.2) is 12.4 Å². The quantitative estimate of drug-likeness (QED) is 0.843. The van der Waals surface area contributed by atoms with Crippen molar-refractivity contribution in [2.24, 2.45) is 5.73 Å². The van der Waals surface area contributed by atoms with Crippen LogP contribution in [0.4, 0.5) is 5.69 Å². The average Bonchev–Trinajstić information content (AvgIpc) is 2.42.